The smallest absolute Gasteiger partial charge is 0.244 e. The van der Waals surface area contributed by atoms with Crippen LogP contribution in [0.2, 0.25) is 0 Å². The number of nitrogens with zero attached hydrogens (tertiary/aromatic N) is 1. The molecule has 2 atom stereocenters. The van der Waals surface area contributed by atoms with Crippen LogP contribution in [0, 0.1) is 12.3 Å². The van der Waals surface area contributed by atoms with Gasteiger partial charge in [-0.15, -0.1) is 0 Å². The molecule has 2 aromatic rings. The van der Waals surface area contributed by atoms with Gasteiger partial charge in [-0.05, 0) is 55.6 Å². The van der Waals surface area contributed by atoms with Crippen LogP contribution in [-0.4, -0.2) is 33.7 Å². The summed E-state index contributed by atoms with van der Waals surface area (Å²) < 4.78 is 0. The molecule has 1 saturated heterocycles. The minimum atomic E-state index is -0.806. The number of aliphatic hydroxyl groups excluding tert-OH is 1. The zero-order chi connectivity index (χ0) is 20.3. The molecule has 29 heavy (non-hydrogen) atoms. The van der Waals surface area contributed by atoms with Gasteiger partial charge in [0.15, 0.2) is 0 Å². The molecule has 4 nitrogen and oxygen atoms in total. The summed E-state index contributed by atoms with van der Waals surface area (Å²) >= 11 is 0. The highest BCUT2D eigenvalue weighted by Gasteiger charge is 2.52. The molecule has 1 saturated carbocycles. The predicted molar refractivity (Wildman–Crippen MR) is 115 cm³/mol. The van der Waals surface area contributed by atoms with Crippen molar-refractivity contribution < 1.29 is 9.90 Å². The number of amides is 1. The summed E-state index contributed by atoms with van der Waals surface area (Å²) in [5, 5.41) is 14.4. The van der Waals surface area contributed by atoms with Crippen LogP contribution in [0.25, 0.3) is 0 Å². The van der Waals surface area contributed by atoms with Gasteiger partial charge in [-0.3, -0.25) is 10.1 Å². The van der Waals surface area contributed by atoms with Crippen molar-refractivity contribution in [2.75, 3.05) is 0 Å². The number of carbonyl (C=O) groups excluding carboxylic acids is 1. The maximum Gasteiger partial charge on any atom is 0.244 e. The molecule has 2 aromatic carbocycles. The average Bonchev–Trinajstić information content (AvgIpc) is 3.02. The maximum absolute atomic E-state index is 13.4. The Bertz CT molecular complexity index is 800. The van der Waals surface area contributed by atoms with E-state index in [0.717, 1.165) is 36.8 Å². The number of rotatable bonds is 6. The van der Waals surface area contributed by atoms with Crippen LogP contribution >= 0.6 is 0 Å². The second kappa shape index (κ2) is 8.68. The molecular weight excluding hydrogens is 360 g/mol. The molecule has 4 heteroatoms. The quantitative estimate of drug-likeness (QED) is 0.789. The molecule has 1 spiro atoms. The van der Waals surface area contributed by atoms with E-state index in [-0.39, 0.29) is 11.6 Å². The lowest BCUT2D eigenvalue weighted by molar-refractivity contribution is -0.135. The highest BCUT2D eigenvalue weighted by atomic mass is 16.3. The van der Waals surface area contributed by atoms with E-state index in [1.54, 1.807) is 0 Å². The Morgan fingerprint density at radius 2 is 1.66 bits per heavy atom. The second-order valence-corrected chi connectivity index (χ2v) is 8.66. The Balaban J connectivity index is 1.50. The first kappa shape index (κ1) is 20.1. The van der Waals surface area contributed by atoms with Crippen LogP contribution in [0.1, 0.15) is 43.7 Å². The van der Waals surface area contributed by atoms with E-state index in [1.807, 2.05) is 59.9 Å². The highest BCUT2D eigenvalue weighted by molar-refractivity contribution is 5.86. The van der Waals surface area contributed by atoms with Crippen molar-refractivity contribution in [3.8, 4) is 0 Å². The van der Waals surface area contributed by atoms with Gasteiger partial charge in [-0.2, -0.15) is 0 Å². The first-order valence-electron chi connectivity index (χ1n) is 10.8. The summed E-state index contributed by atoms with van der Waals surface area (Å²) in [5.74, 6) is 0.699. The average molecular weight is 392 g/mol. The molecule has 0 unspecified atom stereocenters. The summed E-state index contributed by atoms with van der Waals surface area (Å²) in [6, 6.07) is 19.6. The summed E-state index contributed by atoms with van der Waals surface area (Å²) in [6.07, 6.45) is 5.78. The van der Waals surface area contributed by atoms with Gasteiger partial charge in [-0.25, -0.2) is 0 Å². The minimum absolute atomic E-state index is 0.0141. The van der Waals surface area contributed by atoms with Gasteiger partial charge in [0, 0.05) is 6.54 Å². The van der Waals surface area contributed by atoms with Gasteiger partial charge in [0.2, 0.25) is 5.91 Å². The molecule has 1 radical (unpaired) electrons. The van der Waals surface area contributed by atoms with E-state index in [0.29, 0.717) is 18.9 Å². The zero-order valence-corrected chi connectivity index (χ0v) is 17.1. The maximum atomic E-state index is 13.4. The molecule has 2 N–H and O–H groups in total. The Labute approximate surface area is 173 Å². The zero-order valence-electron chi connectivity index (χ0n) is 17.1. The van der Waals surface area contributed by atoms with Crippen LogP contribution in [-0.2, 0) is 17.8 Å². The number of nitrogens with one attached hydrogen (secondary N) is 1. The van der Waals surface area contributed by atoms with Gasteiger partial charge in [-0.1, -0.05) is 67.6 Å². The third-order valence-corrected chi connectivity index (χ3v) is 6.54. The van der Waals surface area contributed by atoms with Crippen molar-refractivity contribution in [3.05, 3.63) is 78.2 Å². The lowest BCUT2D eigenvalue weighted by atomic mass is 9.82. The summed E-state index contributed by atoms with van der Waals surface area (Å²) in [7, 11) is 0. The van der Waals surface area contributed by atoms with Crippen molar-refractivity contribution >= 4 is 5.91 Å². The van der Waals surface area contributed by atoms with Crippen LogP contribution in [0.15, 0.2) is 60.7 Å². The Morgan fingerprint density at radius 3 is 2.28 bits per heavy atom. The minimum Gasteiger partial charge on any atom is -0.391 e. The molecule has 2 aliphatic rings. The van der Waals surface area contributed by atoms with Crippen LogP contribution in [0.4, 0.5) is 0 Å². The first-order chi connectivity index (χ1) is 14.1. The van der Waals surface area contributed by atoms with Gasteiger partial charge in [0.05, 0.1) is 11.8 Å². The molecule has 1 amide bonds. The number of hydrogen-bond donors (Lipinski definition) is 2. The van der Waals surface area contributed by atoms with E-state index >= 15 is 0 Å². The number of aliphatic hydroxyl groups is 1. The van der Waals surface area contributed by atoms with Gasteiger partial charge in [0.25, 0.3) is 0 Å². The summed E-state index contributed by atoms with van der Waals surface area (Å²) in [6.45, 7) is 2.87. The van der Waals surface area contributed by atoms with E-state index in [9.17, 15) is 9.90 Å². The summed E-state index contributed by atoms with van der Waals surface area (Å²) in [5.41, 5.74) is 1.93. The van der Waals surface area contributed by atoms with Gasteiger partial charge >= 0.3 is 0 Å². The Morgan fingerprint density at radius 1 is 1.07 bits per heavy atom. The fourth-order valence-electron chi connectivity index (χ4n) is 4.70. The van der Waals surface area contributed by atoms with Crippen molar-refractivity contribution in [1.29, 1.82) is 0 Å². The Kier molecular flexibility index (Phi) is 6.02. The number of hydrogen-bond acceptors (Lipinski definition) is 3. The lowest BCUT2D eigenvalue weighted by Crippen LogP contribution is -2.55. The molecule has 0 bridgehead atoms. The van der Waals surface area contributed by atoms with Crippen molar-refractivity contribution in [2.24, 2.45) is 5.92 Å². The van der Waals surface area contributed by atoms with Crippen molar-refractivity contribution in [2.45, 2.75) is 63.4 Å². The molecule has 153 valence electrons. The SMILES string of the molecule is CC1CCC2(CC1)N[C@@H]([C@H](O)[CH]Cc1ccccc1)C(=O)N2Cc1ccccc1. The molecule has 2 fully saturated rings. The third kappa shape index (κ3) is 4.39. The highest BCUT2D eigenvalue weighted by Crippen LogP contribution is 2.40. The van der Waals surface area contributed by atoms with Gasteiger partial charge in [0.1, 0.15) is 6.04 Å². The number of benzene rings is 2. The first-order valence-corrected chi connectivity index (χ1v) is 10.8. The van der Waals surface area contributed by atoms with Crippen LogP contribution in [0.3, 0.4) is 0 Å². The van der Waals surface area contributed by atoms with E-state index in [1.165, 1.54) is 0 Å². The largest absolute Gasteiger partial charge is 0.391 e. The third-order valence-electron chi connectivity index (χ3n) is 6.54. The molecule has 1 aliphatic carbocycles. The van der Waals surface area contributed by atoms with Crippen LogP contribution in [0.5, 0.6) is 0 Å². The molecular formula is C25H31N2O2. The van der Waals surface area contributed by atoms with Crippen LogP contribution < -0.4 is 5.32 Å². The Hall–Kier alpha value is -2.17. The lowest BCUT2D eigenvalue weighted by Gasteiger charge is -2.43. The summed E-state index contributed by atoms with van der Waals surface area (Å²) in [4.78, 5) is 15.4. The standard InChI is InChI=1S/C25H31N2O2/c1-19-14-16-25(17-15-19)26-23(22(28)13-12-20-8-4-2-5-9-20)24(29)27(25)18-21-10-6-3-7-11-21/h2-11,13,19,22-23,26,28H,12,14-18H2,1H3/t19?,22-,23+,25?/m1/s1. The second-order valence-electron chi connectivity index (χ2n) is 8.66. The van der Waals surface area contributed by atoms with Crippen molar-refractivity contribution in [3.63, 3.8) is 0 Å². The molecule has 4 rings (SSSR count). The molecule has 1 heterocycles. The van der Waals surface area contributed by atoms with E-state index in [4.69, 9.17) is 0 Å². The topological polar surface area (TPSA) is 52.6 Å². The molecule has 1 aliphatic heterocycles. The molecule has 0 aromatic heterocycles. The van der Waals surface area contributed by atoms with Gasteiger partial charge < -0.3 is 10.0 Å². The predicted octanol–water partition coefficient (Wildman–Crippen LogP) is 3.70. The van der Waals surface area contributed by atoms with Crippen molar-refractivity contribution in [1.82, 2.24) is 10.2 Å². The normalized spacial score (nSPS) is 28.1. The number of carbonyl (C=O) groups is 1. The van der Waals surface area contributed by atoms with E-state index in [2.05, 4.69) is 24.4 Å². The fourth-order valence-corrected chi connectivity index (χ4v) is 4.70. The monoisotopic (exact) mass is 391 g/mol. The van der Waals surface area contributed by atoms with E-state index < -0.39 is 12.1 Å². The fraction of sp³-hybridized carbons (Fsp3) is 0.440.